The summed E-state index contributed by atoms with van der Waals surface area (Å²) in [5.74, 6) is 0.377. The van der Waals surface area contributed by atoms with Gasteiger partial charge in [-0.1, -0.05) is 24.3 Å². The first kappa shape index (κ1) is 28.2. The predicted octanol–water partition coefficient (Wildman–Crippen LogP) is 4.70. The highest BCUT2D eigenvalue weighted by molar-refractivity contribution is 7.89. The van der Waals surface area contributed by atoms with Crippen LogP contribution in [-0.2, 0) is 14.8 Å². The number of carbonyl (C=O) groups is 1. The number of nitrogens with zero attached hydrogens (tertiary/aromatic N) is 4. The topological polar surface area (TPSA) is 83.0 Å². The summed E-state index contributed by atoms with van der Waals surface area (Å²) in [5, 5.41) is 0.671. The molecule has 0 unspecified atom stereocenters. The molecular weight excluding hydrogens is 532 g/mol. The molecule has 5 rings (SSSR count). The minimum absolute atomic E-state index is 0.166. The van der Waals surface area contributed by atoms with Gasteiger partial charge in [-0.05, 0) is 80.5 Å². The molecule has 3 heterocycles. The van der Waals surface area contributed by atoms with Crippen molar-refractivity contribution in [3.05, 3.63) is 53.1 Å². The Morgan fingerprint density at radius 3 is 2.44 bits per heavy atom. The molecule has 1 aromatic heterocycles. The molecule has 39 heavy (non-hydrogen) atoms. The molecule has 0 radical (unpaired) electrons. The van der Waals surface area contributed by atoms with Crippen molar-refractivity contribution in [1.29, 1.82) is 0 Å². The molecule has 2 aromatic carbocycles. The van der Waals surface area contributed by atoms with Crippen molar-refractivity contribution in [2.24, 2.45) is 5.92 Å². The summed E-state index contributed by atoms with van der Waals surface area (Å²) < 4.78 is 34.5. The number of benzene rings is 2. The number of aromatic nitrogens is 1. The number of fused-ring (bicyclic) bond motifs is 1. The van der Waals surface area contributed by atoms with Crippen LogP contribution in [0.15, 0.2) is 41.3 Å². The molecule has 210 valence electrons. The van der Waals surface area contributed by atoms with Gasteiger partial charge in [0.1, 0.15) is 0 Å². The van der Waals surface area contributed by atoms with Crippen molar-refractivity contribution in [2.45, 2.75) is 44.9 Å². The van der Waals surface area contributed by atoms with Gasteiger partial charge in [0, 0.05) is 44.8 Å². The molecule has 0 atom stereocenters. The number of hydrogen-bond acceptors (Lipinski definition) is 7. The summed E-state index contributed by atoms with van der Waals surface area (Å²) in [6.45, 7) is 12.1. The lowest BCUT2D eigenvalue weighted by molar-refractivity contribution is 0.0376. The Morgan fingerprint density at radius 1 is 1.05 bits per heavy atom. The van der Waals surface area contributed by atoms with E-state index >= 15 is 0 Å². The van der Waals surface area contributed by atoms with E-state index < -0.39 is 10.0 Å². The fourth-order valence-electron chi connectivity index (χ4n) is 5.19. The minimum Gasteiger partial charge on any atom is -0.379 e. The number of thiazole rings is 1. The number of carbonyl (C=O) groups excluding carboxylic acids is 1. The molecule has 0 N–H and O–H groups in total. The Hall–Kier alpha value is -2.37. The number of morpholine rings is 1. The van der Waals surface area contributed by atoms with Crippen LogP contribution in [0.25, 0.3) is 10.2 Å². The normalized spacial score (nSPS) is 18.0. The van der Waals surface area contributed by atoms with Gasteiger partial charge in [0.25, 0.3) is 5.91 Å². The first-order valence-corrected chi connectivity index (χ1v) is 16.1. The van der Waals surface area contributed by atoms with Crippen LogP contribution in [0.3, 0.4) is 0 Å². The number of amides is 1. The van der Waals surface area contributed by atoms with E-state index in [0.29, 0.717) is 36.2 Å². The second-order valence-corrected chi connectivity index (χ2v) is 13.7. The van der Waals surface area contributed by atoms with Crippen LogP contribution in [0, 0.1) is 19.8 Å². The second-order valence-electron chi connectivity index (χ2n) is 10.7. The van der Waals surface area contributed by atoms with Crippen LogP contribution in [-0.4, -0.2) is 81.0 Å². The van der Waals surface area contributed by atoms with E-state index in [1.165, 1.54) is 16.9 Å². The average molecular weight is 571 g/mol. The Labute approximate surface area is 235 Å². The maximum absolute atomic E-state index is 13.9. The van der Waals surface area contributed by atoms with E-state index in [1.54, 1.807) is 33.5 Å². The Bertz CT molecular complexity index is 1410. The Kier molecular flexibility index (Phi) is 8.68. The summed E-state index contributed by atoms with van der Waals surface area (Å²) in [4.78, 5) is 23.1. The third kappa shape index (κ3) is 6.20. The van der Waals surface area contributed by atoms with Crippen LogP contribution < -0.4 is 4.90 Å². The zero-order valence-corrected chi connectivity index (χ0v) is 24.7. The monoisotopic (exact) mass is 570 g/mol. The van der Waals surface area contributed by atoms with Crippen molar-refractivity contribution in [3.8, 4) is 0 Å². The van der Waals surface area contributed by atoms with Crippen molar-refractivity contribution in [2.75, 3.05) is 57.4 Å². The number of sulfonamides is 1. The number of piperidine rings is 1. The molecular formula is C29H38N4O4S2. The molecule has 3 aromatic rings. The number of rotatable bonds is 8. The number of hydrogen-bond donors (Lipinski definition) is 0. The van der Waals surface area contributed by atoms with Crippen LogP contribution in [0.2, 0.25) is 0 Å². The van der Waals surface area contributed by atoms with Crippen LogP contribution >= 0.6 is 11.3 Å². The van der Waals surface area contributed by atoms with Gasteiger partial charge in [0.05, 0.1) is 28.3 Å². The Balaban J connectivity index is 1.38. The molecule has 2 saturated heterocycles. The zero-order valence-electron chi connectivity index (χ0n) is 23.1. The predicted molar refractivity (Wildman–Crippen MR) is 156 cm³/mol. The van der Waals surface area contributed by atoms with Gasteiger partial charge in [0.15, 0.2) is 5.13 Å². The lowest BCUT2D eigenvalue weighted by Crippen LogP contribution is -2.39. The highest BCUT2D eigenvalue weighted by Crippen LogP contribution is 2.33. The minimum atomic E-state index is -3.57. The van der Waals surface area contributed by atoms with E-state index in [4.69, 9.17) is 9.72 Å². The van der Waals surface area contributed by atoms with Gasteiger partial charge in [-0.2, -0.15) is 4.31 Å². The lowest BCUT2D eigenvalue weighted by Gasteiger charge is -2.29. The molecule has 2 fully saturated rings. The highest BCUT2D eigenvalue weighted by Gasteiger charge is 2.29. The molecule has 0 spiro atoms. The first-order valence-electron chi connectivity index (χ1n) is 13.8. The summed E-state index contributed by atoms with van der Waals surface area (Å²) in [5.41, 5.74) is 3.68. The Morgan fingerprint density at radius 2 is 1.74 bits per heavy atom. The molecule has 0 aliphatic carbocycles. The molecule has 0 saturated carbocycles. The van der Waals surface area contributed by atoms with E-state index in [-0.39, 0.29) is 10.8 Å². The summed E-state index contributed by atoms with van der Waals surface area (Å²) >= 11 is 1.52. The SMILES string of the molecule is Cc1ccc2sc(N(CCCN3CCOCC3)C(=O)c3ccc(S(=O)(=O)N4CCC(C)CC4)cc3)nc2c1C. The van der Waals surface area contributed by atoms with E-state index in [9.17, 15) is 13.2 Å². The van der Waals surface area contributed by atoms with Gasteiger partial charge in [0.2, 0.25) is 10.0 Å². The van der Waals surface area contributed by atoms with Gasteiger partial charge in [-0.25, -0.2) is 13.4 Å². The summed E-state index contributed by atoms with van der Waals surface area (Å²) in [6, 6.07) is 10.6. The molecule has 10 heteroatoms. The van der Waals surface area contributed by atoms with E-state index in [2.05, 4.69) is 37.8 Å². The summed E-state index contributed by atoms with van der Waals surface area (Å²) in [6.07, 6.45) is 2.55. The third-order valence-electron chi connectivity index (χ3n) is 7.99. The van der Waals surface area contributed by atoms with Crippen molar-refractivity contribution < 1.29 is 17.9 Å². The number of anilines is 1. The lowest BCUT2D eigenvalue weighted by atomic mass is 10.0. The van der Waals surface area contributed by atoms with Crippen molar-refractivity contribution in [3.63, 3.8) is 0 Å². The molecule has 2 aliphatic heterocycles. The molecule has 0 bridgehead atoms. The van der Waals surface area contributed by atoms with Crippen LogP contribution in [0.1, 0.15) is 47.7 Å². The van der Waals surface area contributed by atoms with E-state index in [1.807, 2.05) is 0 Å². The van der Waals surface area contributed by atoms with Gasteiger partial charge >= 0.3 is 0 Å². The highest BCUT2D eigenvalue weighted by atomic mass is 32.2. The largest absolute Gasteiger partial charge is 0.379 e. The summed E-state index contributed by atoms with van der Waals surface area (Å²) in [7, 11) is -3.57. The van der Waals surface area contributed by atoms with Gasteiger partial charge in [-0.3, -0.25) is 14.6 Å². The molecule has 8 nitrogen and oxygen atoms in total. The fraction of sp³-hybridized carbons (Fsp3) is 0.517. The quantitative estimate of drug-likeness (QED) is 0.390. The van der Waals surface area contributed by atoms with Crippen molar-refractivity contribution >= 4 is 42.6 Å². The van der Waals surface area contributed by atoms with Crippen molar-refractivity contribution in [1.82, 2.24) is 14.2 Å². The van der Waals surface area contributed by atoms with Gasteiger partial charge < -0.3 is 4.74 Å². The smallest absolute Gasteiger partial charge is 0.260 e. The first-order chi connectivity index (χ1) is 18.7. The standard InChI is InChI=1S/C29H38N4O4S2/c1-21-11-15-32(16-12-21)39(35,36)25-8-6-24(7-9-25)28(34)33(14-4-13-31-17-19-37-20-18-31)29-30-27-23(3)22(2)5-10-26(27)38-29/h5-10,21H,4,11-20H2,1-3H3. The molecule has 2 aliphatic rings. The van der Waals surface area contributed by atoms with Crippen LogP contribution in [0.5, 0.6) is 0 Å². The second kappa shape index (κ2) is 12.0. The maximum Gasteiger partial charge on any atom is 0.260 e. The number of aryl methyl sites for hydroxylation is 2. The maximum atomic E-state index is 13.9. The molecule has 1 amide bonds. The van der Waals surface area contributed by atoms with Gasteiger partial charge in [-0.15, -0.1) is 0 Å². The zero-order chi connectivity index (χ0) is 27.6. The van der Waals surface area contributed by atoms with Crippen LogP contribution in [0.4, 0.5) is 5.13 Å². The third-order valence-corrected chi connectivity index (χ3v) is 10.9. The van der Waals surface area contributed by atoms with E-state index in [0.717, 1.165) is 67.9 Å². The fourth-order valence-corrected chi connectivity index (χ4v) is 7.71. The number of ether oxygens (including phenoxy) is 1. The average Bonchev–Trinajstić information content (AvgIpc) is 3.38.